The van der Waals surface area contributed by atoms with Crippen molar-refractivity contribution in [2.24, 2.45) is 0 Å². The molecule has 52 heavy (non-hydrogen) atoms. The zero-order valence-electron chi connectivity index (χ0n) is 34.0. The van der Waals surface area contributed by atoms with E-state index in [-0.39, 0.29) is 26.1 Å². The molecule has 0 amide bonds. The number of phosphoric ester groups is 1. The fourth-order valence-electron chi connectivity index (χ4n) is 5.32. The highest BCUT2D eigenvalue weighted by Crippen LogP contribution is 2.38. The van der Waals surface area contributed by atoms with E-state index in [4.69, 9.17) is 18.5 Å². The second-order valence-corrected chi connectivity index (χ2v) is 16.4. The molecule has 9 nitrogen and oxygen atoms in total. The summed E-state index contributed by atoms with van der Waals surface area (Å²) in [5, 5.41) is 0. The van der Waals surface area contributed by atoms with Gasteiger partial charge in [-0.3, -0.25) is 14.2 Å². The van der Waals surface area contributed by atoms with Gasteiger partial charge in [0.05, 0.1) is 27.7 Å². The van der Waals surface area contributed by atoms with Crippen LogP contribution in [0.4, 0.5) is 0 Å². The maximum atomic E-state index is 12.6. The van der Waals surface area contributed by atoms with Crippen molar-refractivity contribution >= 4 is 19.8 Å². The van der Waals surface area contributed by atoms with Crippen molar-refractivity contribution in [3.63, 3.8) is 0 Å². The van der Waals surface area contributed by atoms with Gasteiger partial charge in [-0.25, -0.2) is 0 Å². The lowest BCUT2D eigenvalue weighted by Crippen LogP contribution is -2.37. The molecule has 0 rings (SSSR count). The molecule has 0 bridgehead atoms. The zero-order valence-corrected chi connectivity index (χ0v) is 34.9. The smallest absolute Gasteiger partial charge is 0.306 e. The topological polar surface area (TPSA) is 111 Å². The Morgan fingerprint density at radius 1 is 0.596 bits per heavy atom. The Hall–Kier alpha value is -1.77. The largest absolute Gasteiger partial charge is 0.756 e. The third-order valence-electron chi connectivity index (χ3n) is 8.63. The van der Waals surface area contributed by atoms with Crippen LogP contribution in [-0.4, -0.2) is 70.0 Å². The Bertz CT molecular complexity index is 991. The van der Waals surface area contributed by atoms with Crippen molar-refractivity contribution in [1.29, 1.82) is 0 Å². The minimum Gasteiger partial charge on any atom is -0.756 e. The van der Waals surface area contributed by atoms with Crippen molar-refractivity contribution in [3.05, 3.63) is 36.5 Å². The van der Waals surface area contributed by atoms with Crippen LogP contribution >= 0.6 is 7.82 Å². The molecule has 0 spiro atoms. The van der Waals surface area contributed by atoms with Gasteiger partial charge in [0.2, 0.25) is 0 Å². The number of likely N-dealkylation sites (N-methyl/N-ethyl adjacent to an activating group) is 1. The molecule has 0 aromatic carbocycles. The first-order valence-corrected chi connectivity index (χ1v) is 22.2. The monoisotopic (exact) mass is 756 g/mol. The summed E-state index contributed by atoms with van der Waals surface area (Å²) in [6, 6.07) is 0. The van der Waals surface area contributed by atoms with E-state index in [0.29, 0.717) is 23.9 Å². The summed E-state index contributed by atoms with van der Waals surface area (Å²) in [7, 11) is 1.15. The maximum absolute atomic E-state index is 12.6. The predicted molar refractivity (Wildman–Crippen MR) is 213 cm³/mol. The van der Waals surface area contributed by atoms with Gasteiger partial charge in [0, 0.05) is 12.8 Å². The van der Waals surface area contributed by atoms with Gasteiger partial charge < -0.3 is 27.9 Å². The fourth-order valence-corrected chi connectivity index (χ4v) is 6.05. The Morgan fingerprint density at radius 2 is 1.04 bits per heavy atom. The third kappa shape index (κ3) is 38.0. The molecule has 10 heteroatoms. The number of allylic oxidation sites excluding steroid dienone is 6. The van der Waals surface area contributed by atoms with E-state index in [1.54, 1.807) is 0 Å². The number of rotatable bonds is 37. The number of unbranched alkanes of at least 4 members (excludes halogenated alkanes) is 17. The summed E-state index contributed by atoms with van der Waals surface area (Å²) in [5.41, 5.74) is 0. The highest BCUT2D eigenvalue weighted by atomic mass is 31.2. The number of hydrogen-bond donors (Lipinski definition) is 0. The van der Waals surface area contributed by atoms with E-state index >= 15 is 0 Å². The minimum atomic E-state index is -4.62. The second-order valence-electron chi connectivity index (χ2n) is 15.0. The second kappa shape index (κ2) is 35.0. The van der Waals surface area contributed by atoms with Crippen molar-refractivity contribution in [1.82, 2.24) is 0 Å². The lowest BCUT2D eigenvalue weighted by atomic mass is 10.1. The Kier molecular flexibility index (Phi) is 33.8. The first-order valence-electron chi connectivity index (χ1n) is 20.7. The molecule has 0 radical (unpaired) electrons. The van der Waals surface area contributed by atoms with E-state index in [2.05, 4.69) is 50.3 Å². The lowest BCUT2D eigenvalue weighted by molar-refractivity contribution is -0.870. The summed E-state index contributed by atoms with van der Waals surface area (Å²) in [6.07, 6.45) is 37.3. The quantitative estimate of drug-likeness (QED) is 0.0203. The number of carbonyl (C=O) groups is 2. The van der Waals surface area contributed by atoms with Gasteiger partial charge in [-0.15, -0.1) is 0 Å². The van der Waals surface area contributed by atoms with Crippen LogP contribution in [0.25, 0.3) is 0 Å². The first kappa shape index (κ1) is 50.2. The van der Waals surface area contributed by atoms with Gasteiger partial charge >= 0.3 is 11.9 Å². The standard InChI is InChI=1S/C42H78NO8P/c1-6-8-10-12-14-16-18-20-21-23-24-26-28-30-32-34-41(44)48-38-40(39-50-52(46,47)49-37-36-43(3,4)5)51-42(45)35-33-31-29-27-25-22-19-17-15-13-11-9-7-2/h14,16-17,19-21,40H,6-13,15,18,22-39H2,1-5H3/b16-14+,19-17+,21-20+/t40-/m1/s1. The maximum Gasteiger partial charge on any atom is 0.306 e. The van der Waals surface area contributed by atoms with Crippen molar-refractivity contribution < 1.29 is 42.1 Å². The molecule has 0 aromatic heterocycles. The zero-order chi connectivity index (χ0) is 38.6. The van der Waals surface area contributed by atoms with Gasteiger partial charge in [-0.1, -0.05) is 121 Å². The van der Waals surface area contributed by atoms with Crippen LogP contribution < -0.4 is 4.89 Å². The van der Waals surface area contributed by atoms with E-state index in [1.165, 1.54) is 57.8 Å². The highest BCUT2D eigenvalue weighted by molar-refractivity contribution is 7.45. The number of esters is 2. The van der Waals surface area contributed by atoms with Gasteiger partial charge in [-0.05, 0) is 70.6 Å². The molecule has 0 saturated heterocycles. The molecule has 0 fully saturated rings. The number of quaternary nitrogens is 1. The van der Waals surface area contributed by atoms with Crippen molar-refractivity contribution in [3.8, 4) is 0 Å². The SMILES string of the molecule is CCCCC/C=C/C/C=C/CCCCCCCC(=O)OC[C@H](COP(=O)([O-])OCC[N+](C)(C)C)OC(=O)CCCCCCC/C=C/CCCCCC. The van der Waals surface area contributed by atoms with Gasteiger partial charge in [0.15, 0.2) is 6.10 Å². The molecule has 0 aliphatic rings. The number of ether oxygens (including phenoxy) is 2. The number of nitrogens with zero attached hydrogens (tertiary/aromatic N) is 1. The first-order chi connectivity index (χ1) is 25.0. The van der Waals surface area contributed by atoms with Crippen LogP contribution in [-0.2, 0) is 32.7 Å². The predicted octanol–water partition coefficient (Wildman–Crippen LogP) is 10.7. The molecule has 0 saturated carbocycles. The molecule has 0 heterocycles. The summed E-state index contributed by atoms with van der Waals surface area (Å²) >= 11 is 0. The normalized spacial score (nSPS) is 14.0. The third-order valence-corrected chi connectivity index (χ3v) is 9.60. The Morgan fingerprint density at radius 3 is 1.58 bits per heavy atom. The fraction of sp³-hybridized carbons (Fsp3) is 0.810. The van der Waals surface area contributed by atoms with Crippen LogP contribution in [0.3, 0.4) is 0 Å². The minimum absolute atomic E-state index is 0.0351. The Labute approximate surface area is 319 Å². The average molecular weight is 756 g/mol. The molecule has 0 aromatic rings. The van der Waals surface area contributed by atoms with E-state index in [0.717, 1.165) is 70.6 Å². The number of phosphoric acid groups is 1. The van der Waals surface area contributed by atoms with Crippen LogP contribution in [0.15, 0.2) is 36.5 Å². The van der Waals surface area contributed by atoms with Crippen molar-refractivity contribution in [2.75, 3.05) is 47.5 Å². The summed E-state index contributed by atoms with van der Waals surface area (Å²) in [5.74, 6) is -0.862. The number of carbonyl (C=O) groups excluding carboxylic acids is 2. The van der Waals surface area contributed by atoms with E-state index in [9.17, 15) is 19.0 Å². The molecule has 0 N–H and O–H groups in total. The molecule has 1 unspecified atom stereocenters. The summed E-state index contributed by atoms with van der Waals surface area (Å²) in [6.45, 7) is 4.14. The molecular weight excluding hydrogens is 677 g/mol. The van der Waals surface area contributed by atoms with Crippen LogP contribution in [0.2, 0.25) is 0 Å². The highest BCUT2D eigenvalue weighted by Gasteiger charge is 2.21. The van der Waals surface area contributed by atoms with Gasteiger partial charge in [-0.2, -0.15) is 0 Å². The molecule has 2 atom stereocenters. The molecule has 0 aliphatic carbocycles. The van der Waals surface area contributed by atoms with Gasteiger partial charge in [0.25, 0.3) is 7.82 Å². The molecule has 304 valence electrons. The van der Waals surface area contributed by atoms with Crippen LogP contribution in [0.1, 0.15) is 168 Å². The summed E-state index contributed by atoms with van der Waals surface area (Å²) < 4.78 is 33.8. The molecule has 0 aliphatic heterocycles. The summed E-state index contributed by atoms with van der Waals surface area (Å²) in [4.78, 5) is 37.4. The van der Waals surface area contributed by atoms with Gasteiger partial charge in [0.1, 0.15) is 19.8 Å². The Balaban J connectivity index is 4.43. The van der Waals surface area contributed by atoms with Crippen molar-refractivity contribution in [2.45, 2.75) is 174 Å². The lowest BCUT2D eigenvalue weighted by Gasteiger charge is -2.28. The molecular formula is C42H78NO8P. The van der Waals surface area contributed by atoms with E-state index < -0.39 is 32.5 Å². The number of hydrogen-bond acceptors (Lipinski definition) is 8. The van der Waals surface area contributed by atoms with Crippen LogP contribution in [0.5, 0.6) is 0 Å². The van der Waals surface area contributed by atoms with E-state index in [1.807, 2.05) is 21.1 Å². The average Bonchev–Trinajstić information content (AvgIpc) is 3.09. The van der Waals surface area contributed by atoms with Crippen LogP contribution in [0, 0.1) is 0 Å².